The Labute approximate surface area is 134 Å². The Bertz CT molecular complexity index is 871. The molecule has 0 fully saturated rings. The van der Waals surface area contributed by atoms with Gasteiger partial charge in [0.05, 0.1) is 6.21 Å². The minimum absolute atomic E-state index is 0.0399. The smallest absolute Gasteiger partial charge is 0.271 e. The van der Waals surface area contributed by atoms with E-state index >= 15 is 0 Å². The van der Waals surface area contributed by atoms with Crippen LogP contribution in [0.4, 0.5) is 0 Å². The highest BCUT2D eigenvalue weighted by Gasteiger charge is 2.05. The lowest BCUT2D eigenvalue weighted by molar-refractivity contribution is 0.0954. The first-order valence-corrected chi connectivity index (χ1v) is 7.32. The molecule has 0 aliphatic rings. The first-order chi connectivity index (χ1) is 10.6. The number of nitrogens with zero attached hydrogens (tertiary/aromatic N) is 1. The molecule has 5 nitrogen and oxygen atoms in total. The molecule has 0 spiro atoms. The van der Waals surface area contributed by atoms with E-state index in [2.05, 4.69) is 31.4 Å². The van der Waals surface area contributed by atoms with E-state index in [-0.39, 0.29) is 11.7 Å². The van der Waals surface area contributed by atoms with Crippen LogP contribution in [-0.4, -0.2) is 22.2 Å². The van der Waals surface area contributed by atoms with Crippen LogP contribution in [0.2, 0.25) is 0 Å². The number of halogens is 1. The third kappa shape index (κ3) is 3.01. The Morgan fingerprint density at radius 1 is 1.27 bits per heavy atom. The maximum absolute atomic E-state index is 11.9. The molecular weight excluding hydrogens is 346 g/mol. The van der Waals surface area contributed by atoms with Crippen LogP contribution in [0.15, 0.2) is 58.2 Å². The number of phenolic OH excluding ortho intramolecular Hbond substituents is 1. The van der Waals surface area contributed by atoms with Crippen molar-refractivity contribution in [2.24, 2.45) is 5.10 Å². The number of hydrazone groups is 1. The summed E-state index contributed by atoms with van der Waals surface area (Å²) in [7, 11) is 0. The number of benzene rings is 2. The van der Waals surface area contributed by atoms with Crippen molar-refractivity contribution >= 4 is 39.0 Å². The molecule has 1 heterocycles. The molecule has 22 heavy (non-hydrogen) atoms. The highest BCUT2D eigenvalue weighted by Crippen LogP contribution is 2.21. The summed E-state index contributed by atoms with van der Waals surface area (Å²) >= 11 is 3.43. The predicted molar refractivity (Wildman–Crippen MR) is 89.2 cm³/mol. The monoisotopic (exact) mass is 357 g/mol. The van der Waals surface area contributed by atoms with Gasteiger partial charge < -0.3 is 10.1 Å². The van der Waals surface area contributed by atoms with E-state index in [4.69, 9.17) is 0 Å². The van der Waals surface area contributed by atoms with Gasteiger partial charge in [0.2, 0.25) is 0 Å². The van der Waals surface area contributed by atoms with Gasteiger partial charge in [0.15, 0.2) is 0 Å². The summed E-state index contributed by atoms with van der Waals surface area (Å²) in [4.78, 5) is 15.0. The van der Waals surface area contributed by atoms with Gasteiger partial charge >= 0.3 is 0 Å². The van der Waals surface area contributed by atoms with E-state index in [0.29, 0.717) is 5.56 Å². The number of aromatic hydroxyl groups is 1. The quantitative estimate of drug-likeness (QED) is 0.496. The van der Waals surface area contributed by atoms with Gasteiger partial charge in [-0.2, -0.15) is 5.10 Å². The predicted octanol–water partition coefficient (Wildman–Crippen LogP) is 3.40. The van der Waals surface area contributed by atoms with E-state index in [0.717, 1.165) is 20.9 Å². The van der Waals surface area contributed by atoms with Gasteiger partial charge in [-0.05, 0) is 36.4 Å². The van der Waals surface area contributed by atoms with Gasteiger partial charge in [-0.15, -0.1) is 0 Å². The van der Waals surface area contributed by atoms with Crippen LogP contribution >= 0.6 is 15.9 Å². The van der Waals surface area contributed by atoms with Crippen molar-refractivity contribution < 1.29 is 9.90 Å². The number of carbonyl (C=O) groups excluding carboxylic acids is 1. The van der Waals surface area contributed by atoms with Gasteiger partial charge in [0.1, 0.15) is 5.75 Å². The Balaban J connectivity index is 1.76. The molecule has 6 heteroatoms. The van der Waals surface area contributed by atoms with E-state index in [1.807, 2.05) is 24.4 Å². The third-order valence-corrected chi connectivity index (χ3v) is 3.65. The summed E-state index contributed by atoms with van der Waals surface area (Å²) < 4.78 is 0.970. The fourth-order valence-electron chi connectivity index (χ4n) is 2.09. The van der Waals surface area contributed by atoms with Gasteiger partial charge in [0, 0.05) is 32.7 Å². The van der Waals surface area contributed by atoms with E-state index in [1.165, 1.54) is 12.1 Å². The molecule has 1 aromatic heterocycles. The molecule has 0 bridgehead atoms. The molecule has 2 aromatic carbocycles. The Hall–Kier alpha value is -2.60. The van der Waals surface area contributed by atoms with Crippen LogP contribution in [0.25, 0.3) is 10.9 Å². The van der Waals surface area contributed by atoms with Crippen LogP contribution in [0.1, 0.15) is 15.9 Å². The number of hydrogen-bond acceptors (Lipinski definition) is 3. The zero-order valence-corrected chi connectivity index (χ0v) is 13.0. The second-order valence-electron chi connectivity index (χ2n) is 4.68. The molecule has 3 rings (SSSR count). The summed E-state index contributed by atoms with van der Waals surface area (Å²) in [6.07, 6.45) is 3.40. The van der Waals surface area contributed by atoms with E-state index in [9.17, 15) is 9.90 Å². The molecule has 0 unspecified atom stereocenters. The SMILES string of the molecule is O=C(N/N=C/c1c[nH]c2ccc(Br)cc12)c1cccc(O)c1. The number of carbonyl (C=O) groups is 1. The van der Waals surface area contributed by atoms with Gasteiger partial charge in [-0.25, -0.2) is 5.43 Å². The number of aromatic nitrogens is 1. The number of rotatable bonds is 3. The highest BCUT2D eigenvalue weighted by atomic mass is 79.9. The van der Waals surface area contributed by atoms with Gasteiger partial charge in [-0.1, -0.05) is 22.0 Å². The minimum Gasteiger partial charge on any atom is -0.508 e. The maximum atomic E-state index is 11.9. The maximum Gasteiger partial charge on any atom is 0.271 e. The van der Waals surface area contributed by atoms with Crippen LogP contribution in [0.3, 0.4) is 0 Å². The Morgan fingerprint density at radius 2 is 2.14 bits per heavy atom. The van der Waals surface area contributed by atoms with Crippen LogP contribution in [0, 0.1) is 0 Å². The fourth-order valence-corrected chi connectivity index (χ4v) is 2.45. The number of amides is 1. The standard InChI is InChI=1S/C16H12BrN3O2/c17-12-4-5-15-14(7-12)11(8-18-15)9-19-20-16(22)10-2-1-3-13(21)6-10/h1-9,18,21H,(H,20,22)/b19-9+. The highest BCUT2D eigenvalue weighted by molar-refractivity contribution is 9.10. The topological polar surface area (TPSA) is 77.5 Å². The van der Waals surface area contributed by atoms with Crippen molar-refractivity contribution in [2.45, 2.75) is 0 Å². The molecule has 0 aliphatic carbocycles. The number of H-pyrrole nitrogens is 1. The largest absolute Gasteiger partial charge is 0.508 e. The minimum atomic E-state index is -0.381. The summed E-state index contributed by atoms with van der Waals surface area (Å²) in [6, 6.07) is 12.0. The van der Waals surface area contributed by atoms with Crippen molar-refractivity contribution in [3.8, 4) is 5.75 Å². The third-order valence-electron chi connectivity index (χ3n) is 3.15. The first kappa shape index (κ1) is 14.3. The molecule has 3 aromatic rings. The number of phenols is 1. The first-order valence-electron chi connectivity index (χ1n) is 6.52. The average molecular weight is 358 g/mol. The van der Waals surface area contributed by atoms with Crippen molar-refractivity contribution in [1.82, 2.24) is 10.4 Å². The molecular formula is C16H12BrN3O2. The lowest BCUT2D eigenvalue weighted by Crippen LogP contribution is -2.17. The molecule has 0 atom stereocenters. The number of hydrogen-bond donors (Lipinski definition) is 3. The summed E-state index contributed by atoms with van der Waals surface area (Å²) in [5, 5.41) is 14.3. The van der Waals surface area contributed by atoms with E-state index < -0.39 is 0 Å². The van der Waals surface area contributed by atoms with Gasteiger partial charge in [-0.3, -0.25) is 4.79 Å². The Morgan fingerprint density at radius 3 is 2.95 bits per heavy atom. The molecule has 110 valence electrons. The zero-order valence-electron chi connectivity index (χ0n) is 11.4. The normalized spacial score (nSPS) is 11.1. The average Bonchev–Trinajstić information content (AvgIpc) is 2.89. The number of aromatic amines is 1. The second-order valence-corrected chi connectivity index (χ2v) is 5.60. The number of fused-ring (bicyclic) bond motifs is 1. The molecule has 0 aliphatic heterocycles. The molecule has 0 saturated carbocycles. The lowest BCUT2D eigenvalue weighted by Gasteiger charge is -2.00. The van der Waals surface area contributed by atoms with Crippen LogP contribution in [0.5, 0.6) is 5.75 Å². The van der Waals surface area contributed by atoms with E-state index in [1.54, 1.807) is 18.3 Å². The van der Waals surface area contributed by atoms with Crippen LogP contribution < -0.4 is 5.43 Å². The molecule has 1 amide bonds. The molecule has 0 radical (unpaired) electrons. The fraction of sp³-hybridized carbons (Fsp3) is 0. The Kier molecular flexibility index (Phi) is 3.93. The lowest BCUT2D eigenvalue weighted by atomic mass is 10.2. The van der Waals surface area contributed by atoms with Gasteiger partial charge in [0.25, 0.3) is 5.91 Å². The van der Waals surface area contributed by atoms with Crippen molar-refractivity contribution in [1.29, 1.82) is 0 Å². The summed E-state index contributed by atoms with van der Waals surface area (Å²) in [5.41, 5.74) is 4.64. The van der Waals surface area contributed by atoms with Crippen molar-refractivity contribution in [3.05, 3.63) is 64.3 Å². The summed E-state index contributed by atoms with van der Waals surface area (Å²) in [6.45, 7) is 0. The van der Waals surface area contributed by atoms with Crippen LogP contribution in [-0.2, 0) is 0 Å². The summed E-state index contributed by atoms with van der Waals surface area (Å²) in [5.74, 6) is -0.341. The second kappa shape index (κ2) is 6.03. The molecule has 3 N–H and O–H groups in total. The van der Waals surface area contributed by atoms with Crippen molar-refractivity contribution in [2.75, 3.05) is 0 Å². The van der Waals surface area contributed by atoms with Crippen molar-refractivity contribution in [3.63, 3.8) is 0 Å². The number of nitrogens with one attached hydrogen (secondary N) is 2. The zero-order chi connectivity index (χ0) is 15.5. The molecule has 0 saturated heterocycles.